The van der Waals surface area contributed by atoms with Gasteiger partial charge in [-0.1, -0.05) is 0 Å². The number of nitrogens with zero attached hydrogens (tertiary/aromatic N) is 1. The predicted octanol–water partition coefficient (Wildman–Crippen LogP) is 0.388. The second kappa shape index (κ2) is 8.67. The van der Waals surface area contributed by atoms with E-state index >= 15 is 0 Å². The van der Waals surface area contributed by atoms with Gasteiger partial charge >= 0.3 is 24.9 Å². The van der Waals surface area contributed by atoms with Gasteiger partial charge in [0.05, 0.1) is 17.6 Å². The van der Waals surface area contributed by atoms with Gasteiger partial charge in [0, 0.05) is 6.07 Å². The van der Waals surface area contributed by atoms with E-state index in [0.29, 0.717) is 0 Å². The molecule has 0 aliphatic carbocycles. The molecule has 0 radical (unpaired) electrons. The van der Waals surface area contributed by atoms with Crippen molar-refractivity contribution in [2.45, 2.75) is 6.42 Å². The van der Waals surface area contributed by atoms with Gasteiger partial charge in [-0.25, -0.2) is 19.4 Å². The van der Waals surface area contributed by atoms with Crippen LogP contribution >= 0.6 is 7.72 Å². The van der Waals surface area contributed by atoms with Crippen molar-refractivity contribution in [3.8, 4) is 11.5 Å². The SMILES string of the molecule is COc1cc(C(=O)[P+](O)(O)CCCN)cc([N+](=O)[O-])c1OCC(=O)O. The first kappa shape index (κ1) is 20.7. The van der Waals surface area contributed by atoms with E-state index in [1.165, 1.54) is 0 Å². The standard InChI is InChI=1S/C13H17N2O9P/c1-23-10-6-8(13(18)25(21,22)4-2-3-14)5-9(15(19)20)12(10)24-7-11(16)17/h5-6,21-22H,2-4,7,14H2,1H3/p+1. The highest BCUT2D eigenvalue weighted by molar-refractivity contribution is 7.81. The minimum absolute atomic E-state index is 0.140. The molecule has 0 aromatic heterocycles. The lowest BCUT2D eigenvalue weighted by molar-refractivity contribution is -0.385. The van der Waals surface area contributed by atoms with Crippen molar-refractivity contribution in [1.82, 2.24) is 0 Å². The molecule has 0 atom stereocenters. The Bertz CT molecular complexity index is 678. The Balaban J connectivity index is 3.35. The summed E-state index contributed by atoms with van der Waals surface area (Å²) in [6, 6.07) is 1.81. The summed E-state index contributed by atoms with van der Waals surface area (Å²) in [5, 5.41) is 19.8. The Morgan fingerprint density at radius 3 is 2.48 bits per heavy atom. The third-order valence-electron chi connectivity index (χ3n) is 3.04. The molecule has 1 rings (SSSR count). The molecule has 12 heteroatoms. The molecule has 5 N–H and O–H groups in total. The fourth-order valence-corrected chi connectivity index (χ4v) is 3.27. The number of carboxylic acid groups (broad SMARTS) is 1. The van der Waals surface area contributed by atoms with Gasteiger partial charge in [0.2, 0.25) is 5.75 Å². The number of carbonyl (C=O) groups is 2. The number of nitro groups is 1. The number of carboxylic acids is 1. The maximum Gasteiger partial charge on any atom is 0.357 e. The van der Waals surface area contributed by atoms with Crippen LogP contribution in [0.2, 0.25) is 0 Å². The molecule has 0 saturated carbocycles. The largest absolute Gasteiger partial charge is 0.493 e. The molecule has 1 aromatic carbocycles. The van der Waals surface area contributed by atoms with Crippen molar-refractivity contribution in [2.24, 2.45) is 5.73 Å². The van der Waals surface area contributed by atoms with E-state index < -0.39 is 42.2 Å². The number of carbonyl (C=O) groups excluding carboxylic acids is 1. The molecular weight excluding hydrogens is 359 g/mol. The molecule has 0 aliphatic heterocycles. The number of benzene rings is 1. The average molecular weight is 377 g/mol. The van der Waals surface area contributed by atoms with Crippen LogP contribution in [0.5, 0.6) is 11.5 Å². The molecule has 25 heavy (non-hydrogen) atoms. The molecule has 0 unspecified atom stereocenters. The molecule has 0 amide bonds. The Morgan fingerprint density at radius 1 is 1.36 bits per heavy atom. The highest BCUT2D eigenvalue weighted by Gasteiger charge is 2.45. The Kier molecular flexibility index (Phi) is 7.19. The summed E-state index contributed by atoms with van der Waals surface area (Å²) < 4.78 is 9.76. The van der Waals surface area contributed by atoms with Crippen LogP contribution in [0, 0.1) is 10.1 Å². The number of aliphatic carboxylic acids is 1. The van der Waals surface area contributed by atoms with Crippen LogP contribution in [0.1, 0.15) is 16.8 Å². The minimum atomic E-state index is -4.03. The second-order valence-corrected chi connectivity index (χ2v) is 7.18. The summed E-state index contributed by atoms with van der Waals surface area (Å²) in [4.78, 5) is 53.1. The number of nitrogens with two attached hydrogens (primary N) is 1. The third kappa shape index (κ3) is 5.33. The van der Waals surface area contributed by atoms with Gasteiger partial charge in [-0.05, 0) is 19.0 Å². The van der Waals surface area contributed by atoms with Gasteiger partial charge in [0.15, 0.2) is 12.4 Å². The summed E-state index contributed by atoms with van der Waals surface area (Å²) in [5.74, 6) is -2.13. The zero-order valence-electron chi connectivity index (χ0n) is 13.2. The van der Waals surface area contributed by atoms with Crippen molar-refractivity contribution in [3.63, 3.8) is 0 Å². The van der Waals surface area contributed by atoms with Crippen LogP contribution in [0.15, 0.2) is 12.1 Å². The molecule has 11 nitrogen and oxygen atoms in total. The van der Waals surface area contributed by atoms with E-state index in [1.54, 1.807) is 0 Å². The number of hydrogen-bond donors (Lipinski definition) is 4. The fraction of sp³-hybridized carbons (Fsp3) is 0.385. The molecule has 138 valence electrons. The number of hydrogen-bond acceptors (Lipinski definition) is 9. The molecular formula is C13H18N2O9P+. The monoisotopic (exact) mass is 377 g/mol. The maximum atomic E-state index is 12.3. The number of rotatable bonds is 10. The Hall–Kier alpha value is -2.33. The van der Waals surface area contributed by atoms with Crippen LogP contribution < -0.4 is 15.2 Å². The third-order valence-corrected chi connectivity index (χ3v) is 4.89. The Labute approximate surface area is 142 Å². The number of methoxy groups -OCH3 is 1. The first-order chi connectivity index (χ1) is 11.6. The zero-order chi connectivity index (χ0) is 19.2. The van der Waals surface area contributed by atoms with Crippen LogP contribution in [-0.4, -0.2) is 57.7 Å². The molecule has 0 spiro atoms. The van der Waals surface area contributed by atoms with Crippen molar-refractivity contribution >= 4 is 24.9 Å². The van der Waals surface area contributed by atoms with Crippen LogP contribution in [-0.2, 0) is 4.79 Å². The van der Waals surface area contributed by atoms with E-state index in [0.717, 1.165) is 19.2 Å². The highest BCUT2D eigenvalue weighted by Crippen LogP contribution is 2.54. The fourth-order valence-electron chi connectivity index (χ4n) is 1.90. The second-order valence-electron chi connectivity index (χ2n) is 4.87. The molecule has 0 fully saturated rings. The highest BCUT2D eigenvalue weighted by atomic mass is 31.2. The number of ether oxygens (including phenoxy) is 2. The van der Waals surface area contributed by atoms with Crippen LogP contribution in [0.25, 0.3) is 0 Å². The molecule has 1 aromatic rings. The predicted molar refractivity (Wildman–Crippen MR) is 87.0 cm³/mol. The lowest BCUT2D eigenvalue weighted by atomic mass is 10.2. The quantitative estimate of drug-likeness (QED) is 0.253. The van der Waals surface area contributed by atoms with Crippen molar-refractivity contribution < 1.29 is 38.9 Å². The summed E-state index contributed by atoms with van der Waals surface area (Å²) in [6.45, 7) is -0.723. The van der Waals surface area contributed by atoms with E-state index in [9.17, 15) is 29.5 Å². The van der Waals surface area contributed by atoms with Crippen molar-refractivity contribution in [1.29, 1.82) is 0 Å². The first-order valence-corrected chi connectivity index (χ1v) is 8.81. The lowest BCUT2D eigenvalue weighted by Crippen LogP contribution is -2.14. The van der Waals surface area contributed by atoms with E-state index in [1.807, 2.05) is 0 Å². The lowest BCUT2D eigenvalue weighted by Gasteiger charge is -2.13. The van der Waals surface area contributed by atoms with Gasteiger partial charge in [-0.2, -0.15) is 0 Å². The smallest absolute Gasteiger partial charge is 0.357 e. The summed E-state index contributed by atoms with van der Waals surface area (Å²) in [5.41, 5.74) is 3.10. The minimum Gasteiger partial charge on any atom is -0.493 e. The van der Waals surface area contributed by atoms with Gasteiger partial charge < -0.3 is 20.3 Å². The molecule has 0 aliphatic rings. The van der Waals surface area contributed by atoms with E-state index in [-0.39, 0.29) is 30.4 Å². The van der Waals surface area contributed by atoms with E-state index in [4.69, 9.17) is 20.3 Å². The average Bonchev–Trinajstić information content (AvgIpc) is 2.56. The summed E-state index contributed by atoms with van der Waals surface area (Å²) in [7, 11) is -2.90. The maximum absolute atomic E-state index is 12.3. The van der Waals surface area contributed by atoms with Gasteiger partial charge in [-0.3, -0.25) is 10.1 Å². The number of nitro benzene ring substituents is 1. The zero-order valence-corrected chi connectivity index (χ0v) is 14.1. The summed E-state index contributed by atoms with van der Waals surface area (Å²) >= 11 is 0. The summed E-state index contributed by atoms with van der Waals surface area (Å²) in [6.07, 6.45) is -0.0682. The van der Waals surface area contributed by atoms with Crippen LogP contribution in [0.4, 0.5) is 5.69 Å². The molecule has 0 heterocycles. The van der Waals surface area contributed by atoms with E-state index in [2.05, 4.69) is 0 Å². The Morgan fingerprint density at radius 2 is 2.00 bits per heavy atom. The van der Waals surface area contributed by atoms with Gasteiger partial charge in [0.1, 0.15) is 6.16 Å². The topological polar surface area (TPSA) is 182 Å². The molecule has 0 saturated heterocycles. The first-order valence-electron chi connectivity index (χ1n) is 6.93. The normalized spacial score (nSPS) is 11.0. The molecule has 0 bridgehead atoms. The van der Waals surface area contributed by atoms with Crippen LogP contribution in [0.3, 0.4) is 0 Å². The van der Waals surface area contributed by atoms with Gasteiger partial charge in [-0.15, -0.1) is 0 Å². The van der Waals surface area contributed by atoms with Crippen molar-refractivity contribution in [3.05, 3.63) is 27.8 Å². The van der Waals surface area contributed by atoms with Gasteiger partial charge in [0.25, 0.3) is 0 Å². The van der Waals surface area contributed by atoms with Crippen molar-refractivity contribution in [2.75, 3.05) is 26.4 Å².